The van der Waals surface area contributed by atoms with Crippen molar-refractivity contribution in [2.45, 2.75) is 37.5 Å². The van der Waals surface area contributed by atoms with Crippen LogP contribution in [0.4, 0.5) is 26.3 Å². The minimum atomic E-state index is -3.22. The van der Waals surface area contributed by atoms with Gasteiger partial charge < -0.3 is 5.11 Å². The number of aliphatic hydroxyl groups excluding tert-OH is 1. The lowest BCUT2D eigenvalue weighted by molar-refractivity contribution is -0.0820. The van der Waals surface area contributed by atoms with Crippen molar-refractivity contribution in [3.05, 3.63) is 0 Å². The lowest BCUT2D eigenvalue weighted by atomic mass is 10.1. The van der Waals surface area contributed by atoms with Crippen LogP contribution in [0, 0.1) is 0 Å². The van der Waals surface area contributed by atoms with Gasteiger partial charge in [-0.15, -0.1) is 0 Å². The van der Waals surface area contributed by atoms with Gasteiger partial charge in [0.05, 0.1) is 6.67 Å². The molecule has 0 fully saturated rings. The van der Waals surface area contributed by atoms with E-state index in [1.54, 1.807) is 0 Å². The van der Waals surface area contributed by atoms with Gasteiger partial charge in [-0.05, 0) is 0 Å². The van der Waals surface area contributed by atoms with Gasteiger partial charge in [0.2, 0.25) is 6.36 Å². The van der Waals surface area contributed by atoms with E-state index in [9.17, 15) is 26.3 Å². The fourth-order valence-electron chi connectivity index (χ4n) is 0.790. The summed E-state index contributed by atoms with van der Waals surface area (Å²) >= 11 is 0. The van der Waals surface area contributed by atoms with Gasteiger partial charge in [0, 0.05) is 6.42 Å². The standard InChI is InChI=1S/C7H10F6O/c8-2-1-3(9)4(10)5(11)6(12)7(13)14/h3-7,14H,1-2H2. The zero-order chi connectivity index (χ0) is 11.3. The predicted octanol–water partition coefficient (Wildman–Crippen LogP) is 1.99. The average molecular weight is 224 g/mol. The zero-order valence-electron chi connectivity index (χ0n) is 7.02. The second-order valence-electron chi connectivity index (χ2n) is 2.70. The van der Waals surface area contributed by atoms with E-state index in [1.165, 1.54) is 0 Å². The highest BCUT2D eigenvalue weighted by Crippen LogP contribution is 2.21. The fraction of sp³-hybridized carbons (Fsp3) is 1.00. The Labute approximate surface area is 76.7 Å². The van der Waals surface area contributed by atoms with E-state index in [4.69, 9.17) is 5.11 Å². The third-order valence-electron chi connectivity index (χ3n) is 1.60. The highest BCUT2D eigenvalue weighted by Gasteiger charge is 2.39. The van der Waals surface area contributed by atoms with Gasteiger partial charge in [-0.2, -0.15) is 0 Å². The second kappa shape index (κ2) is 6.10. The van der Waals surface area contributed by atoms with Crippen LogP contribution in [0.3, 0.4) is 0 Å². The first-order valence-electron chi connectivity index (χ1n) is 3.86. The van der Waals surface area contributed by atoms with Gasteiger partial charge in [0.25, 0.3) is 0 Å². The third kappa shape index (κ3) is 3.73. The molecule has 0 aromatic rings. The van der Waals surface area contributed by atoms with Crippen molar-refractivity contribution in [2.75, 3.05) is 6.67 Å². The molecule has 0 saturated heterocycles. The molecule has 14 heavy (non-hydrogen) atoms. The average Bonchev–Trinajstić information content (AvgIpc) is 2.14. The summed E-state index contributed by atoms with van der Waals surface area (Å²) < 4.78 is 73.0. The molecule has 0 spiro atoms. The molecule has 0 aliphatic carbocycles. The summed E-state index contributed by atoms with van der Waals surface area (Å²) in [5, 5.41) is 7.91. The van der Waals surface area contributed by atoms with E-state index in [0.29, 0.717) is 0 Å². The van der Waals surface area contributed by atoms with Gasteiger partial charge in [0.15, 0.2) is 18.5 Å². The minimum Gasteiger partial charge on any atom is -0.362 e. The molecule has 0 amide bonds. The number of hydrogen-bond donors (Lipinski definition) is 1. The van der Waals surface area contributed by atoms with Crippen LogP contribution in [0.5, 0.6) is 0 Å². The molecule has 0 aliphatic heterocycles. The Morgan fingerprint density at radius 1 is 0.857 bits per heavy atom. The summed E-state index contributed by atoms with van der Waals surface area (Å²) in [6.07, 6.45) is -16.0. The van der Waals surface area contributed by atoms with E-state index < -0.39 is 44.1 Å². The van der Waals surface area contributed by atoms with Crippen LogP contribution in [0.25, 0.3) is 0 Å². The van der Waals surface area contributed by atoms with Gasteiger partial charge in [-0.25, -0.2) is 22.0 Å². The Bertz CT molecular complexity index is 155. The SMILES string of the molecule is OC(F)C(F)C(F)C(F)C(F)CCF. The Morgan fingerprint density at radius 3 is 1.71 bits per heavy atom. The first-order chi connectivity index (χ1) is 6.41. The Hall–Kier alpha value is -0.460. The summed E-state index contributed by atoms with van der Waals surface area (Å²) in [6.45, 7) is -1.23. The van der Waals surface area contributed by atoms with Crippen LogP contribution in [-0.4, -0.2) is 42.8 Å². The molecular formula is C7H10F6O. The van der Waals surface area contributed by atoms with Crippen molar-refractivity contribution >= 4 is 0 Å². The predicted molar refractivity (Wildman–Crippen MR) is 37.3 cm³/mol. The molecule has 0 radical (unpaired) electrons. The largest absolute Gasteiger partial charge is 0.362 e. The normalized spacial score (nSPS) is 22.5. The van der Waals surface area contributed by atoms with Crippen LogP contribution < -0.4 is 0 Å². The summed E-state index contributed by atoms with van der Waals surface area (Å²) in [5.74, 6) is 0. The maximum absolute atomic E-state index is 12.6. The molecule has 86 valence electrons. The van der Waals surface area contributed by atoms with E-state index >= 15 is 0 Å². The molecule has 7 heteroatoms. The van der Waals surface area contributed by atoms with E-state index in [0.717, 1.165) is 0 Å². The molecule has 5 atom stereocenters. The quantitative estimate of drug-likeness (QED) is 0.684. The first kappa shape index (κ1) is 13.5. The van der Waals surface area contributed by atoms with E-state index in [1.807, 2.05) is 0 Å². The van der Waals surface area contributed by atoms with Crippen molar-refractivity contribution in [1.82, 2.24) is 0 Å². The van der Waals surface area contributed by atoms with Crippen molar-refractivity contribution in [2.24, 2.45) is 0 Å². The van der Waals surface area contributed by atoms with E-state index in [2.05, 4.69) is 0 Å². The summed E-state index contributed by atoms with van der Waals surface area (Å²) in [7, 11) is 0. The number of aliphatic hydroxyl groups is 1. The maximum atomic E-state index is 12.6. The van der Waals surface area contributed by atoms with Crippen LogP contribution in [0.2, 0.25) is 0 Å². The second-order valence-corrected chi connectivity index (χ2v) is 2.70. The number of alkyl halides is 6. The third-order valence-corrected chi connectivity index (χ3v) is 1.60. The molecule has 0 aromatic carbocycles. The summed E-state index contributed by atoms with van der Waals surface area (Å²) in [5.41, 5.74) is 0. The molecular weight excluding hydrogens is 214 g/mol. The van der Waals surface area contributed by atoms with Crippen LogP contribution >= 0.6 is 0 Å². The molecule has 1 N–H and O–H groups in total. The van der Waals surface area contributed by atoms with Gasteiger partial charge in [-0.1, -0.05) is 0 Å². The van der Waals surface area contributed by atoms with E-state index in [-0.39, 0.29) is 0 Å². The molecule has 0 saturated carbocycles. The smallest absolute Gasteiger partial charge is 0.231 e. The lowest BCUT2D eigenvalue weighted by Gasteiger charge is -2.19. The molecule has 0 heterocycles. The van der Waals surface area contributed by atoms with Crippen LogP contribution in [0.15, 0.2) is 0 Å². The van der Waals surface area contributed by atoms with Crippen molar-refractivity contribution < 1.29 is 31.4 Å². The van der Waals surface area contributed by atoms with Crippen molar-refractivity contribution in [3.63, 3.8) is 0 Å². The van der Waals surface area contributed by atoms with Crippen LogP contribution in [-0.2, 0) is 0 Å². The van der Waals surface area contributed by atoms with Gasteiger partial charge in [-0.3, -0.25) is 4.39 Å². The zero-order valence-corrected chi connectivity index (χ0v) is 7.02. The highest BCUT2D eigenvalue weighted by molar-refractivity contribution is 4.83. The summed E-state index contributed by atoms with van der Waals surface area (Å²) in [6, 6.07) is 0. The minimum absolute atomic E-state index is 0.934. The fourth-order valence-corrected chi connectivity index (χ4v) is 0.790. The van der Waals surface area contributed by atoms with Crippen molar-refractivity contribution in [1.29, 1.82) is 0 Å². The molecule has 0 aliphatic rings. The molecule has 0 rings (SSSR count). The number of halogens is 6. The molecule has 0 aromatic heterocycles. The lowest BCUT2D eigenvalue weighted by Crippen LogP contribution is -2.39. The monoisotopic (exact) mass is 224 g/mol. The maximum Gasteiger partial charge on any atom is 0.231 e. The van der Waals surface area contributed by atoms with Crippen LogP contribution in [0.1, 0.15) is 6.42 Å². The Morgan fingerprint density at radius 2 is 1.36 bits per heavy atom. The Balaban J connectivity index is 4.15. The van der Waals surface area contributed by atoms with Gasteiger partial charge in [0.1, 0.15) is 6.17 Å². The summed E-state index contributed by atoms with van der Waals surface area (Å²) in [4.78, 5) is 0. The molecule has 1 nitrogen and oxygen atoms in total. The van der Waals surface area contributed by atoms with Crippen molar-refractivity contribution in [3.8, 4) is 0 Å². The number of hydrogen-bond acceptors (Lipinski definition) is 1. The van der Waals surface area contributed by atoms with Gasteiger partial charge >= 0.3 is 0 Å². The highest BCUT2D eigenvalue weighted by atomic mass is 19.2. The Kier molecular flexibility index (Phi) is 5.90. The number of rotatable bonds is 6. The topological polar surface area (TPSA) is 20.2 Å². The first-order valence-corrected chi connectivity index (χ1v) is 3.86. The molecule has 0 bridgehead atoms. The molecule has 5 unspecified atom stereocenters.